The van der Waals surface area contributed by atoms with Gasteiger partial charge in [-0.25, -0.2) is 14.2 Å². The fraction of sp³-hybridized carbons (Fsp3) is 0.182. The third kappa shape index (κ3) is 6.11. The lowest BCUT2D eigenvalue weighted by atomic mass is 10.2. The van der Waals surface area contributed by atoms with Gasteiger partial charge in [0.2, 0.25) is 11.9 Å². The van der Waals surface area contributed by atoms with E-state index in [1.807, 2.05) is 0 Å². The zero-order valence-corrected chi connectivity index (χ0v) is 20.0. The molecule has 4 aromatic rings. The summed E-state index contributed by atoms with van der Waals surface area (Å²) in [5.41, 5.74) is 0.0000878. The molecule has 0 atom stereocenters. The molecule has 2 N–H and O–H groups in total. The minimum absolute atomic E-state index is 0.0306. The summed E-state index contributed by atoms with van der Waals surface area (Å²) < 4.78 is 11.8. The molecule has 0 bridgehead atoms. The van der Waals surface area contributed by atoms with E-state index in [4.69, 9.17) is 16.3 Å². The number of nitrogens with zero attached hydrogens (tertiary/aromatic N) is 5. The van der Waals surface area contributed by atoms with Crippen molar-refractivity contribution in [3.8, 4) is 10.9 Å². The Morgan fingerprint density at radius 1 is 1.09 bits per heavy atom. The van der Waals surface area contributed by atoms with Crippen molar-refractivity contribution in [2.75, 3.05) is 12.4 Å². The van der Waals surface area contributed by atoms with Gasteiger partial charge in [-0.05, 0) is 42.0 Å². The fourth-order valence-electron chi connectivity index (χ4n) is 3.11. The summed E-state index contributed by atoms with van der Waals surface area (Å²) in [4.78, 5) is 45.6. The van der Waals surface area contributed by atoms with E-state index in [0.29, 0.717) is 21.7 Å². The number of anilines is 2. The van der Waals surface area contributed by atoms with E-state index in [1.165, 1.54) is 17.9 Å². The van der Waals surface area contributed by atoms with Crippen LogP contribution in [0.2, 0.25) is 5.02 Å². The average molecular weight is 514 g/mol. The molecule has 0 fully saturated rings. The van der Waals surface area contributed by atoms with Crippen LogP contribution in [0.1, 0.15) is 12.0 Å². The molecule has 0 saturated heterocycles. The number of benzene rings is 2. The van der Waals surface area contributed by atoms with E-state index in [2.05, 4.69) is 25.0 Å². The smallest absolute Gasteiger partial charge is 0.354 e. The van der Waals surface area contributed by atoms with Crippen molar-refractivity contribution in [3.05, 3.63) is 86.4 Å². The molecule has 0 radical (unpaired) electrons. The summed E-state index contributed by atoms with van der Waals surface area (Å²) in [5.74, 6) is 0.311. The van der Waals surface area contributed by atoms with Crippen molar-refractivity contribution in [2.45, 2.75) is 19.5 Å². The third-order valence-corrected chi connectivity index (χ3v) is 5.70. The molecule has 35 heavy (non-hydrogen) atoms. The molecule has 2 aromatic carbocycles. The minimum atomic E-state index is -0.759. The molecule has 11 nitrogen and oxygen atoms in total. The standard InChI is InChI=1S/C22H20ClN7O4S/c1-24-18(31)10-11-29-20(32)28-19(30(22(29)33)12-14-2-4-15(23)5-3-14)27-16-6-8-17(9-7-16)34-21-25-13-26-35-21/h2-9,13H,10-12H2,1H3,(H,24,31)(H,27,28,32). The number of hydrogen-bond donors (Lipinski definition) is 2. The van der Waals surface area contributed by atoms with Gasteiger partial charge in [-0.1, -0.05) is 23.7 Å². The van der Waals surface area contributed by atoms with Crippen LogP contribution in [0.25, 0.3) is 0 Å². The second kappa shape index (κ2) is 10.9. The van der Waals surface area contributed by atoms with Gasteiger partial charge in [0, 0.05) is 42.3 Å². The molecule has 180 valence electrons. The number of aromatic nitrogens is 5. The van der Waals surface area contributed by atoms with E-state index in [9.17, 15) is 14.4 Å². The Labute approximate surface area is 208 Å². The van der Waals surface area contributed by atoms with Crippen LogP contribution in [0.4, 0.5) is 11.6 Å². The molecule has 13 heteroatoms. The Bertz CT molecular complexity index is 1420. The molecule has 0 aliphatic carbocycles. The number of hydrogen-bond acceptors (Lipinski definition) is 9. The third-order valence-electron chi connectivity index (χ3n) is 4.90. The lowest BCUT2D eigenvalue weighted by Gasteiger charge is -2.16. The van der Waals surface area contributed by atoms with Gasteiger partial charge >= 0.3 is 11.4 Å². The van der Waals surface area contributed by atoms with Crippen LogP contribution in [0.15, 0.2) is 64.4 Å². The number of carbonyl (C=O) groups is 1. The summed E-state index contributed by atoms with van der Waals surface area (Å²) in [5, 5.41) is 6.46. The zero-order chi connectivity index (χ0) is 24.8. The molecule has 0 saturated carbocycles. The first-order valence-corrected chi connectivity index (χ1v) is 11.6. The van der Waals surface area contributed by atoms with Gasteiger partial charge in [-0.15, -0.1) is 0 Å². The molecule has 2 heterocycles. The summed E-state index contributed by atoms with van der Waals surface area (Å²) in [7, 11) is 1.49. The van der Waals surface area contributed by atoms with Crippen molar-refractivity contribution in [1.82, 2.24) is 28.8 Å². The maximum atomic E-state index is 13.3. The van der Waals surface area contributed by atoms with Gasteiger partial charge in [0.1, 0.15) is 12.1 Å². The summed E-state index contributed by atoms with van der Waals surface area (Å²) in [6.07, 6.45) is 1.37. The number of amides is 1. The maximum absolute atomic E-state index is 13.3. The Hall–Kier alpha value is -4.03. The van der Waals surface area contributed by atoms with Gasteiger partial charge in [0.05, 0.1) is 6.54 Å². The van der Waals surface area contributed by atoms with Crippen molar-refractivity contribution in [2.24, 2.45) is 0 Å². The van der Waals surface area contributed by atoms with E-state index < -0.39 is 11.4 Å². The highest BCUT2D eigenvalue weighted by atomic mass is 35.5. The Balaban J connectivity index is 1.65. The quantitative estimate of drug-likeness (QED) is 0.349. The second-order valence-electron chi connectivity index (χ2n) is 7.25. The minimum Gasteiger partial charge on any atom is -0.430 e. The molecular weight excluding hydrogens is 494 g/mol. The van der Waals surface area contributed by atoms with Crippen LogP contribution in [0, 0.1) is 0 Å². The molecule has 4 rings (SSSR count). The average Bonchev–Trinajstić information content (AvgIpc) is 3.36. The van der Waals surface area contributed by atoms with Crippen LogP contribution in [-0.4, -0.2) is 36.4 Å². The number of ether oxygens (including phenoxy) is 1. The molecule has 2 aromatic heterocycles. The number of carbonyl (C=O) groups excluding carboxylic acids is 1. The van der Waals surface area contributed by atoms with Crippen molar-refractivity contribution in [3.63, 3.8) is 0 Å². The SMILES string of the molecule is CNC(=O)CCn1c(=O)nc(Nc2ccc(Oc3ncns3)cc2)n(Cc2ccc(Cl)cc2)c1=O. The van der Waals surface area contributed by atoms with E-state index in [1.54, 1.807) is 48.5 Å². The predicted octanol–water partition coefficient (Wildman–Crippen LogP) is 2.63. The highest BCUT2D eigenvalue weighted by Crippen LogP contribution is 2.24. The molecule has 0 aliphatic heterocycles. The lowest BCUT2D eigenvalue weighted by Crippen LogP contribution is -2.43. The number of nitrogens with one attached hydrogen (secondary N) is 2. The maximum Gasteiger partial charge on any atom is 0.354 e. The summed E-state index contributed by atoms with van der Waals surface area (Å²) >= 11 is 7.10. The second-order valence-corrected chi connectivity index (χ2v) is 8.43. The lowest BCUT2D eigenvalue weighted by molar-refractivity contribution is -0.120. The van der Waals surface area contributed by atoms with Crippen LogP contribution in [0.3, 0.4) is 0 Å². The van der Waals surface area contributed by atoms with Gasteiger partial charge in [-0.2, -0.15) is 14.3 Å². The van der Waals surface area contributed by atoms with Crippen LogP contribution in [-0.2, 0) is 17.9 Å². The van der Waals surface area contributed by atoms with Crippen LogP contribution >= 0.6 is 23.1 Å². The first kappa shape index (κ1) is 24.1. The van der Waals surface area contributed by atoms with Crippen molar-refractivity contribution >= 4 is 40.7 Å². The van der Waals surface area contributed by atoms with E-state index >= 15 is 0 Å². The molecule has 0 spiro atoms. The van der Waals surface area contributed by atoms with Crippen molar-refractivity contribution < 1.29 is 9.53 Å². The molecule has 0 aliphatic rings. The van der Waals surface area contributed by atoms with Gasteiger partial charge in [0.25, 0.3) is 5.19 Å². The Morgan fingerprint density at radius 2 is 1.83 bits per heavy atom. The monoisotopic (exact) mass is 513 g/mol. The first-order chi connectivity index (χ1) is 16.9. The van der Waals surface area contributed by atoms with E-state index in [0.717, 1.165) is 21.7 Å². The highest BCUT2D eigenvalue weighted by Gasteiger charge is 2.15. The zero-order valence-electron chi connectivity index (χ0n) is 18.5. The summed E-state index contributed by atoms with van der Waals surface area (Å²) in [6, 6.07) is 13.8. The predicted molar refractivity (Wildman–Crippen MR) is 132 cm³/mol. The van der Waals surface area contributed by atoms with Gasteiger partial charge in [-0.3, -0.25) is 9.36 Å². The molecule has 0 unspecified atom stereocenters. The van der Waals surface area contributed by atoms with E-state index in [-0.39, 0.29) is 31.4 Å². The van der Waals surface area contributed by atoms with Crippen LogP contribution in [0.5, 0.6) is 10.9 Å². The molecule has 1 amide bonds. The fourth-order valence-corrected chi connectivity index (χ4v) is 3.65. The van der Waals surface area contributed by atoms with Gasteiger partial charge < -0.3 is 15.4 Å². The largest absolute Gasteiger partial charge is 0.430 e. The summed E-state index contributed by atoms with van der Waals surface area (Å²) in [6.45, 7) is 0.0344. The number of rotatable bonds is 9. The molecular formula is C22H20ClN7O4S. The van der Waals surface area contributed by atoms with Gasteiger partial charge in [0.15, 0.2) is 0 Å². The Morgan fingerprint density at radius 3 is 2.49 bits per heavy atom. The Kier molecular flexibility index (Phi) is 7.53. The highest BCUT2D eigenvalue weighted by molar-refractivity contribution is 7.07. The topological polar surface area (TPSA) is 133 Å². The van der Waals surface area contributed by atoms with Crippen LogP contribution < -0.4 is 26.7 Å². The van der Waals surface area contributed by atoms with Crippen molar-refractivity contribution in [1.29, 1.82) is 0 Å². The normalized spacial score (nSPS) is 10.7. The first-order valence-electron chi connectivity index (χ1n) is 10.4. The number of halogens is 1.